The summed E-state index contributed by atoms with van der Waals surface area (Å²) in [4.78, 5) is 1.96. The quantitative estimate of drug-likeness (QED) is 0.769. The molecule has 9 heteroatoms. The highest BCUT2D eigenvalue weighted by molar-refractivity contribution is 7.91. The molecule has 0 radical (unpaired) electrons. The van der Waals surface area contributed by atoms with Crippen LogP contribution in [0.2, 0.25) is 0 Å². The van der Waals surface area contributed by atoms with Gasteiger partial charge in [0.25, 0.3) is 0 Å². The number of rotatable bonds is 4. The van der Waals surface area contributed by atoms with Crippen LogP contribution in [0.1, 0.15) is 6.42 Å². The Hall–Kier alpha value is -1.58. The van der Waals surface area contributed by atoms with E-state index in [0.29, 0.717) is 23.7 Å². The molecule has 1 fully saturated rings. The molecular formula is C15H19FN4O2S2. The molecule has 0 saturated carbocycles. The molecule has 0 bridgehead atoms. The van der Waals surface area contributed by atoms with Gasteiger partial charge in [0.15, 0.2) is 20.4 Å². The topological polar surface area (TPSA) is 60.1 Å². The fraction of sp³-hybridized carbons (Fsp3) is 0.467. The highest BCUT2D eigenvalue weighted by atomic mass is 32.2. The number of aromatic nitrogens is 3. The third kappa shape index (κ3) is 3.42. The van der Waals surface area contributed by atoms with Crippen molar-refractivity contribution in [3.8, 4) is 11.4 Å². The minimum atomic E-state index is -2.93. The average Bonchev–Trinajstić information content (AvgIpc) is 3.03. The first kappa shape index (κ1) is 17.2. The van der Waals surface area contributed by atoms with Crippen molar-refractivity contribution in [3.63, 3.8) is 0 Å². The predicted molar refractivity (Wildman–Crippen MR) is 92.2 cm³/mol. The average molecular weight is 370 g/mol. The van der Waals surface area contributed by atoms with Crippen molar-refractivity contribution in [1.82, 2.24) is 19.2 Å². The number of halogens is 1. The third-order valence-corrected chi connectivity index (χ3v) is 6.57. The van der Waals surface area contributed by atoms with E-state index in [-0.39, 0.29) is 23.4 Å². The van der Waals surface area contributed by atoms with Gasteiger partial charge in [-0.1, -0.05) is 0 Å². The van der Waals surface area contributed by atoms with Crippen LogP contribution in [0.4, 0.5) is 4.39 Å². The van der Waals surface area contributed by atoms with E-state index in [2.05, 4.69) is 5.10 Å². The summed E-state index contributed by atoms with van der Waals surface area (Å²) in [5, 5.41) is 4.52. The second-order valence-electron chi connectivity index (χ2n) is 6.13. The summed E-state index contributed by atoms with van der Waals surface area (Å²) >= 11 is 5.42. The summed E-state index contributed by atoms with van der Waals surface area (Å²) in [7, 11) is 0.754. The number of hydrogen-bond donors (Lipinski definition) is 0. The van der Waals surface area contributed by atoms with E-state index < -0.39 is 9.84 Å². The molecule has 2 heterocycles. The van der Waals surface area contributed by atoms with Crippen LogP contribution in [-0.4, -0.2) is 52.3 Å². The fourth-order valence-electron chi connectivity index (χ4n) is 2.88. The van der Waals surface area contributed by atoms with Crippen LogP contribution in [0, 0.1) is 10.6 Å². The Kier molecular flexibility index (Phi) is 4.58. The van der Waals surface area contributed by atoms with Crippen LogP contribution in [0.15, 0.2) is 24.3 Å². The standard InChI is InChI=1S/C15H19FN4O2S2/c1-18(13-7-8-24(21,22)9-13)10-20-15(23)19(2)14(17-20)11-3-5-12(16)6-4-11/h3-6,13H,7-10H2,1-2H3/t13-/m1/s1. The van der Waals surface area contributed by atoms with Crippen LogP contribution in [0.3, 0.4) is 0 Å². The molecule has 2 aromatic rings. The van der Waals surface area contributed by atoms with E-state index in [1.165, 1.54) is 12.1 Å². The number of sulfone groups is 1. The molecule has 3 rings (SSSR count). The first-order valence-corrected chi connectivity index (χ1v) is 9.80. The Bertz CT molecular complexity index is 903. The Morgan fingerprint density at radius 2 is 2.04 bits per heavy atom. The summed E-state index contributed by atoms with van der Waals surface area (Å²) in [5.41, 5.74) is 0.773. The molecule has 130 valence electrons. The van der Waals surface area contributed by atoms with Gasteiger partial charge in [0.2, 0.25) is 0 Å². The molecule has 24 heavy (non-hydrogen) atoms. The van der Waals surface area contributed by atoms with Gasteiger partial charge in [0.1, 0.15) is 5.82 Å². The maximum absolute atomic E-state index is 13.1. The summed E-state index contributed by atoms with van der Waals surface area (Å²) in [6.07, 6.45) is 0.629. The summed E-state index contributed by atoms with van der Waals surface area (Å²) in [6.45, 7) is 0.411. The minimum Gasteiger partial charge on any atom is -0.303 e. The van der Waals surface area contributed by atoms with E-state index >= 15 is 0 Å². The van der Waals surface area contributed by atoms with Gasteiger partial charge in [-0.15, -0.1) is 0 Å². The van der Waals surface area contributed by atoms with Gasteiger partial charge in [0.05, 0.1) is 18.2 Å². The van der Waals surface area contributed by atoms with Gasteiger partial charge in [0, 0.05) is 18.7 Å². The Morgan fingerprint density at radius 3 is 2.62 bits per heavy atom. The zero-order chi connectivity index (χ0) is 17.5. The van der Waals surface area contributed by atoms with Crippen molar-refractivity contribution in [2.75, 3.05) is 18.6 Å². The van der Waals surface area contributed by atoms with Crippen molar-refractivity contribution in [1.29, 1.82) is 0 Å². The lowest BCUT2D eigenvalue weighted by molar-refractivity contribution is 0.196. The normalized spacial score (nSPS) is 19.9. The van der Waals surface area contributed by atoms with Crippen molar-refractivity contribution < 1.29 is 12.8 Å². The Morgan fingerprint density at radius 1 is 1.38 bits per heavy atom. The molecule has 1 aliphatic rings. The first-order valence-electron chi connectivity index (χ1n) is 7.57. The van der Waals surface area contributed by atoms with Gasteiger partial charge >= 0.3 is 0 Å². The summed E-state index contributed by atoms with van der Waals surface area (Å²) in [5.74, 6) is 0.749. The van der Waals surface area contributed by atoms with Gasteiger partial charge in [-0.2, -0.15) is 5.10 Å². The third-order valence-electron chi connectivity index (χ3n) is 4.33. The maximum atomic E-state index is 13.1. The molecule has 1 saturated heterocycles. The van der Waals surface area contributed by atoms with Crippen molar-refractivity contribution in [2.24, 2.45) is 7.05 Å². The van der Waals surface area contributed by atoms with E-state index in [1.54, 1.807) is 21.4 Å². The monoisotopic (exact) mass is 370 g/mol. The number of benzene rings is 1. The zero-order valence-corrected chi connectivity index (χ0v) is 15.1. The summed E-state index contributed by atoms with van der Waals surface area (Å²) in [6, 6.07) is 6.06. The molecule has 0 spiro atoms. The molecule has 0 N–H and O–H groups in total. The molecule has 0 amide bonds. The van der Waals surface area contributed by atoms with Crippen molar-refractivity contribution in [2.45, 2.75) is 19.1 Å². The SMILES string of the molecule is CN(Cn1nc(-c2ccc(F)cc2)n(C)c1=S)[C@@H]1CCS(=O)(=O)C1. The lowest BCUT2D eigenvalue weighted by Crippen LogP contribution is -2.34. The molecule has 1 aromatic heterocycles. The first-order chi connectivity index (χ1) is 11.3. The smallest absolute Gasteiger partial charge is 0.199 e. The van der Waals surface area contributed by atoms with Crippen LogP contribution in [0.25, 0.3) is 11.4 Å². The Balaban J connectivity index is 1.83. The highest BCUT2D eigenvalue weighted by Gasteiger charge is 2.30. The van der Waals surface area contributed by atoms with Crippen molar-refractivity contribution in [3.05, 3.63) is 34.9 Å². The molecule has 0 unspecified atom stereocenters. The molecule has 1 aliphatic heterocycles. The lowest BCUT2D eigenvalue weighted by Gasteiger charge is -2.22. The maximum Gasteiger partial charge on any atom is 0.199 e. The summed E-state index contributed by atoms with van der Waals surface area (Å²) < 4.78 is 40.3. The van der Waals surface area contributed by atoms with E-state index in [0.717, 1.165) is 5.56 Å². The molecule has 1 aromatic carbocycles. The van der Waals surface area contributed by atoms with Crippen LogP contribution in [-0.2, 0) is 23.6 Å². The zero-order valence-electron chi connectivity index (χ0n) is 13.5. The van der Waals surface area contributed by atoms with E-state index in [4.69, 9.17) is 12.2 Å². The highest BCUT2D eigenvalue weighted by Crippen LogP contribution is 2.20. The van der Waals surface area contributed by atoms with Gasteiger partial charge in [-0.25, -0.2) is 17.5 Å². The predicted octanol–water partition coefficient (Wildman–Crippen LogP) is 1.83. The van der Waals surface area contributed by atoms with Gasteiger partial charge < -0.3 is 4.57 Å². The van der Waals surface area contributed by atoms with Crippen LogP contribution in [0.5, 0.6) is 0 Å². The van der Waals surface area contributed by atoms with Crippen molar-refractivity contribution >= 4 is 22.1 Å². The molecule has 6 nitrogen and oxygen atoms in total. The van der Waals surface area contributed by atoms with Crippen LogP contribution < -0.4 is 0 Å². The molecule has 0 aliphatic carbocycles. The van der Waals surface area contributed by atoms with E-state index in [1.807, 2.05) is 19.0 Å². The second kappa shape index (κ2) is 6.38. The second-order valence-corrected chi connectivity index (χ2v) is 8.72. The molecular weight excluding hydrogens is 351 g/mol. The minimum absolute atomic E-state index is 0.0202. The largest absolute Gasteiger partial charge is 0.303 e. The van der Waals surface area contributed by atoms with Gasteiger partial charge in [-0.3, -0.25) is 4.90 Å². The van der Waals surface area contributed by atoms with Crippen LogP contribution >= 0.6 is 12.2 Å². The number of hydrogen-bond acceptors (Lipinski definition) is 5. The van der Waals surface area contributed by atoms with E-state index in [9.17, 15) is 12.8 Å². The molecule has 1 atom stereocenters. The Labute approximate surface area is 145 Å². The van der Waals surface area contributed by atoms with Gasteiger partial charge in [-0.05, 0) is 50.0 Å². The lowest BCUT2D eigenvalue weighted by atomic mass is 10.2. The fourth-order valence-corrected chi connectivity index (χ4v) is 4.87. The number of nitrogens with zero attached hydrogens (tertiary/aromatic N) is 4.